The first kappa shape index (κ1) is 13.4. The molecule has 0 saturated carbocycles. The fraction of sp³-hybridized carbons (Fsp3) is 0.400. The highest BCUT2D eigenvalue weighted by Gasteiger charge is 2.18. The van der Waals surface area contributed by atoms with Gasteiger partial charge in [-0.05, 0) is 6.92 Å². The molecule has 0 aliphatic heterocycles. The Morgan fingerprint density at radius 1 is 1.13 bits per heavy atom. The third-order valence-electron chi connectivity index (χ3n) is 1.46. The van der Waals surface area contributed by atoms with Gasteiger partial charge in [0.2, 0.25) is 0 Å². The van der Waals surface area contributed by atoms with Crippen LogP contribution in [-0.4, -0.2) is 36.9 Å². The largest absolute Gasteiger partial charge is 0.462 e. The highest BCUT2D eigenvalue weighted by molar-refractivity contribution is 6.06. The fourth-order valence-corrected chi connectivity index (χ4v) is 0.690. The topological polar surface area (TPSA) is 72.8 Å². The van der Waals surface area contributed by atoms with E-state index in [4.69, 9.17) is 5.11 Å². The average Bonchev–Trinajstić information content (AvgIpc) is 2.24. The van der Waals surface area contributed by atoms with Gasteiger partial charge < -0.3 is 14.6 Å². The van der Waals surface area contributed by atoms with Crippen LogP contribution in [0.15, 0.2) is 24.3 Å². The van der Waals surface area contributed by atoms with E-state index in [9.17, 15) is 9.59 Å². The van der Waals surface area contributed by atoms with E-state index in [1.54, 1.807) is 6.92 Å². The predicted molar refractivity (Wildman–Crippen MR) is 53.0 cm³/mol. The van der Waals surface area contributed by atoms with E-state index in [1.807, 2.05) is 0 Å². The van der Waals surface area contributed by atoms with Crippen LogP contribution in [0.5, 0.6) is 0 Å². The Morgan fingerprint density at radius 2 is 1.60 bits per heavy atom. The molecule has 0 atom stereocenters. The molecular formula is C10H14O5. The molecule has 0 heterocycles. The Hall–Kier alpha value is -1.62. The molecule has 0 aliphatic carbocycles. The quantitative estimate of drug-likeness (QED) is 0.388. The monoisotopic (exact) mass is 214 g/mol. The number of hydrogen-bond acceptors (Lipinski definition) is 5. The Labute approximate surface area is 88.0 Å². The van der Waals surface area contributed by atoms with Crippen molar-refractivity contribution in [3.63, 3.8) is 0 Å². The molecule has 1 N–H and O–H groups in total. The predicted octanol–water partition coefficient (Wildman–Crippen LogP) is 0.197. The summed E-state index contributed by atoms with van der Waals surface area (Å²) in [6.07, 6.45) is 0. The summed E-state index contributed by atoms with van der Waals surface area (Å²) in [4.78, 5) is 22.3. The van der Waals surface area contributed by atoms with Crippen molar-refractivity contribution in [1.29, 1.82) is 0 Å². The number of ether oxygens (including phenoxy) is 2. The molecule has 0 rings (SSSR count). The van der Waals surface area contributed by atoms with Crippen molar-refractivity contribution in [1.82, 2.24) is 0 Å². The molecule has 0 fully saturated rings. The second-order valence-electron chi connectivity index (χ2n) is 2.54. The van der Waals surface area contributed by atoms with Gasteiger partial charge in [0.1, 0.15) is 6.61 Å². The molecule has 0 amide bonds. The van der Waals surface area contributed by atoms with Gasteiger partial charge >= 0.3 is 11.9 Å². The van der Waals surface area contributed by atoms with Gasteiger partial charge in [-0.15, -0.1) is 0 Å². The number of aliphatic hydroxyl groups excluding tert-OH is 1. The zero-order valence-electron chi connectivity index (χ0n) is 8.62. The molecule has 0 spiro atoms. The molecule has 0 saturated heterocycles. The Morgan fingerprint density at radius 3 is 2.00 bits per heavy atom. The van der Waals surface area contributed by atoms with Crippen LogP contribution in [0.1, 0.15) is 6.92 Å². The van der Waals surface area contributed by atoms with Crippen molar-refractivity contribution >= 4 is 11.9 Å². The summed E-state index contributed by atoms with van der Waals surface area (Å²) in [5.41, 5.74) is -0.304. The van der Waals surface area contributed by atoms with Gasteiger partial charge in [0.25, 0.3) is 0 Å². The van der Waals surface area contributed by atoms with Crippen LogP contribution in [0.2, 0.25) is 0 Å². The smallest absolute Gasteiger partial charge is 0.338 e. The van der Waals surface area contributed by atoms with Crippen molar-refractivity contribution in [3.8, 4) is 0 Å². The lowest BCUT2D eigenvalue weighted by molar-refractivity contribution is -0.142. The summed E-state index contributed by atoms with van der Waals surface area (Å²) in [5, 5.41) is 8.41. The van der Waals surface area contributed by atoms with Gasteiger partial charge in [-0.2, -0.15) is 0 Å². The van der Waals surface area contributed by atoms with Crippen LogP contribution in [0.25, 0.3) is 0 Å². The standard InChI is InChI=1S/C10H14O5/c1-4-14-9(12)7(2)8(3)10(13)15-6-5-11/h11H,2-6H2,1H3. The van der Waals surface area contributed by atoms with Gasteiger partial charge in [0, 0.05) is 0 Å². The van der Waals surface area contributed by atoms with Crippen molar-refractivity contribution in [2.75, 3.05) is 19.8 Å². The molecule has 0 aliphatic rings. The Bertz CT molecular complexity index is 280. The molecule has 0 bridgehead atoms. The summed E-state index contributed by atoms with van der Waals surface area (Å²) >= 11 is 0. The van der Waals surface area contributed by atoms with E-state index in [0.717, 1.165) is 0 Å². The normalized spacial score (nSPS) is 9.20. The highest BCUT2D eigenvalue weighted by atomic mass is 16.5. The van der Waals surface area contributed by atoms with Crippen molar-refractivity contribution < 1.29 is 24.2 Å². The van der Waals surface area contributed by atoms with Crippen LogP contribution in [0, 0.1) is 0 Å². The zero-order chi connectivity index (χ0) is 11.8. The summed E-state index contributed by atoms with van der Waals surface area (Å²) < 4.78 is 9.17. The maximum absolute atomic E-state index is 11.2. The summed E-state index contributed by atoms with van der Waals surface area (Å²) in [7, 11) is 0. The van der Waals surface area contributed by atoms with Crippen LogP contribution in [0.4, 0.5) is 0 Å². The second kappa shape index (κ2) is 6.78. The molecule has 5 nitrogen and oxygen atoms in total. The SMILES string of the molecule is C=C(C(=C)C(=O)OCCO)C(=O)OCC. The minimum atomic E-state index is -0.790. The van der Waals surface area contributed by atoms with Crippen molar-refractivity contribution in [2.24, 2.45) is 0 Å². The fourth-order valence-electron chi connectivity index (χ4n) is 0.690. The van der Waals surface area contributed by atoms with Crippen LogP contribution in [-0.2, 0) is 19.1 Å². The maximum atomic E-state index is 11.2. The van der Waals surface area contributed by atoms with E-state index < -0.39 is 11.9 Å². The lowest BCUT2D eigenvalue weighted by Crippen LogP contribution is -2.16. The lowest BCUT2D eigenvalue weighted by atomic mass is 10.1. The zero-order valence-corrected chi connectivity index (χ0v) is 8.62. The molecule has 0 unspecified atom stereocenters. The van der Waals surface area contributed by atoms with Crippen molar-refractivity contribution in [2.45, 2.75) is 6.92 Å². The van der Waals surface area contributed by atoms with Gasteiger partial charge in [-0.3, -0.25) is 0 Å². The Kier molecular flexibility index (Phi) is 6.05. The minimum Gasteiger partial charge on any atom is -0.462 e. The lowest BCUT2D eigenvalue weighted by Gasteiger charge is -2.07. The Balaban J connectivity index is 4.25. The molecule has 15 heavy (non-hydrogen) atoms. The van der Waals surface area contributed by atoms with E-state index in [-0.39, 0.29) is 31.0 Å². The van der Waals surface area contributed by atoms with Gasteiger partial charge in [0.15, 0.2) is 0 Å². The number of carbonyl (C=O) groups is 2. The molecule has 0 aromatic heterocycles. The third kappa shape index (κ3) is 4.42. The molecular weight excluding hydrogens is 200 g/mol. The number of aliphatic hydroxyl groups is 1. The van der Waals surface area contributed by atoms with Crippen LogP contribution in [0.3, 0.4) is 0 Å². The first-order chi connectivity index (χ1) is 7.04. The molecule has 0 aromatic rings. The van der Waals surface area contributed by atoms with E-state index >= 15 is 0 Å². The van der Waals surface area contributed by atoms with E-state index in [2.05, 4.69) is 22.6 Å². The maximum Gasteiger partial charge on any atom is 0.338 e. The first-order valence-electron chi connectivity index (χ1n) is 4.37. The highest BCUT2D eigenvalue weighted by Crippen LogP contribution is 2.09. The number of esters is 2. The number of hydrogen-bond donors (Lipinski definition) is 1. The van der Waals surface area contributed by atoms with Gasteiger partial charge in [-0.1, -0.05) is 13.2 Å². The van der Waals surface area contributed by atoms with Gasteiger partial charge in [0.05, 0.1) is 24.4 Å². The minimum absolute atomic E-state index is 0.139. The van der Waals surface area contributed by atoms with Gasteiger partial charge in [-0.25, -0.2) is 9.59 Å². The van der Waals surface area contributed by atoms with Crippen LogP contribution < -0.4 is 0 Å². The van der Waals surface area contributed by atoms with E-state index in [1.165, 1.54) is 0 Å². The van der Waals surface area contributed by atoms with Crippen molar-refractivity contribution in [3.05, 3.63) is 24.3 Å². The van der Waals surface area contributed by atoms with Crippen LogP contribution >= 0.6 is 0 Å². The van der Waals surface area contributed by atoms with E-state index in [0.29, 0.717) is 0 Å². The third-order valence-corrected chi connectivity index (χ3v) is 1.46. The number of carbonyl (C=O) groups excluding carboxylic acids is 2. The first-order valence-corrected chi connectivity index (χ1v) is 4.37. The summed E-state index contributed by atoms with van der Waals surface area (Å²) in [5.74, 6) is -1.49. The summed E-state index contributed by atoms with van der Waals surface area (Å²) in [6, 6.07) is 0. The molecule has 84 valence electrons. The molecule has 0 aromatic carbocycles. The molecule has 5 heteroatoms. The molecule has 0 radical (unpaired) electrons. The average molecular weight is 214 g/mol. The second-order valence-corrected chi connectivity index (χ2v) is 2.54. The number of rotatable bonds is 6. The summed E-state index contributed by atoms with van der Waals surface area (Å²) in [6.45, 7) is 8.12.